The molecule has 2 aliphatic rings. The van der Waals surface area contributed by atoms with E-state index < -0.39 is 0 Å². The van der Waals surface area contributed by atoms with Crippen LogP contribution in [0.2, 0.25) is 0 Å². The quantitative estimate of drug-likeness (QED) is 0.806. The molecule has 0 aliphatic carbocycles. The van der Waals surface area contributed by atoms with Crippen molar-refractivity contribution in [2.75, 3.05) is 6.54 Å². The summed E-state index contributed by atoms with van der Waals surface area (Å²) < 4.78 is 0. The van der Waals surface area contributed by atoms with Crippen LogP contribution in [0.25, 0.3) is 0 Å². The molecule has 2 fully saturated rings. The minimum atomic E-state index is 0.00625. The van der Waals surface area contributed by atoms with Gasteiger partial charge in [-0.1, -0.05) is 18.2 Å². The number of hydrogen-bond donors (Lipinski definition) is 1. The highest BCUT2D eigenvalue weighted by atomic mass is 16.2. The van der Waals surface area contributed by atoms with Crippen molar-refractivity contribution in [3.05, 3.63) is 35.4 Å². The van der Waals surface area contributed by atoms with Gasteiger partial charge in [0.2, 0.25) is 5.91 Å². The van der Waals surface area contributed by atoms with Crippen LogP contribution in [0.15, 0.2) is 24.3 Å². The molecular weight excluding hydrogens is 214 g/mol. The second-order valence-corrected chi connectivity index (χ2v) is 4.66. The maximum Gasteiger partial charge on any atom is 0.237 e. The van der Waals surface area contributed by atoms with E-state index in [0.29, 0.717) is 18.2 Å². The van der Waals surface area contributed by atoms with Crippen LogP contribution in [0.3, 0.4) is 0 Å². The summed E-state index contributed by atoms with van der Waals surface area (Å²) >= 11 is 0. The summed E-state index contributed by atoms with van der Waals surface area (Å²) in [5.41, 5.74) is 1.71. The molecule has 0 unspecified atom stereocenters. The maximum atomic E-state index is 11.6. The number of amides is 1. The first-order valence-electron chi connectivity index (χ1n) is 5.80. The van der Waals surface area contributed by atoms with Crippen LogP contribution in [-0.4, -0.2) is 29.4 Å². The molecule has 1 aromatic rings. The number of benzene rings is 1. The molecule has 86 valence electrons. The second-order valence-electron chi connectivity index (χ2n) is 4.66. The summed E-state index contributed by atoms with van der Waals surface area (Å²) in [6.45, 7) is 1.59. The molecule has 2 atom stereocenters. The van der Waals surface area contributed by atoms with Gasteiger partial charge < -0.3 is 5.32 Å². The van der Waals surface area contributed by atoms with E-state index in [1.54, 1.807) is 0 Å². The molecule has 17 heavy (non-hydrogen) atoms. The number of carbonyl (C=O) groups excluding carboxylic acids is 1. The van der Waals surface area contributed by atoms with Crippen LogP contribution in [0.1, 0.15) is 17.5 Å². The number of carbonyl (C=O) groups is 1. The number of rotatable bonds is 2. The van der Waals surface area contributed by atoms with Crippen LogP contribution in [0, 0.1) is 11.3 Å². The normalized spacial score (nSPS) is 26.9. The van der Waals surface area contributed by atoms with E-state index in [-0.39, 0.29) is 11.9 Å². The van der Waals surface area contributed by atoms with E-state index in [2.05, 4.69) is 16.3 Å². The monoisotopic (exact) mass is 227 g/mol. The summed E-state index contributed by atoms with van der Waals surface area (Å²) in [6.07, 6.45) is 0.910. The number of nitriles is 1. The van der Waals surface area contributed by atoms with Crippen LogP contribution in [0.4, 0.5) is 0 Å². The Hall–Kier alpha value is -1.86. The van der Waals surface area contributed by atoms with Crippen molar-refractivity contribution in [2.45, 2.75) is 25.0 Å². The van der Waals surface area contributed by atoms with Gasteiger partial charge in [0.25, 0.3) is 0 Å². The lowest BCUT2D eigenvalue weighted by Gasteiger charge is -2.26. The number of likely N-dealkylation sites (tertiary alicyclic amines) is 1. The average molecular weight is 227 g/mol. The fraction of sp³-hybridized carbons (Fsp3) is 0.385. The Morgan fingerprint density at radius 3 is 3.00 bits per heavy atom. The van der Waals surface area contributed by atoms with Gasteiger partial charge in [-0.05, 0) is 18.1 Å². The van der Waals surface area contributed by atoms with Crippen molar-refractivity contribution in [1.82, 2.24) is 10.2 Å². The van der Waals surface area contributed by atoms with Gasteiger partial charge in [0.15, 0.2) is 0 Å². The summed E-state index contributed by atoms with van der Waals surface area (Å²) in [4.78, 5) is 13.7. The minimum Gasteiger partial charge on any atom is -0.351 e. The van der Waals surface area contributed by atoms with Gasteiger partial charge in [-0.3, -0.25) is 9.69 Å². The summed E-state index contributed by atoms with van der Waals surface area (Å²) in [5, 5.41) is 12.0. The van der Waals surface area contributed by atoms with Gasteiger partial charge in [0.05, 0.1) is 17.7 Å². The van der Waals surface area contributed by atoms with Crippen LogP contribution < -0.4 is 5.32 Å². The van der Waals surface area contributed by atoms with Gasteiger partial charge in [0.1, 0.15) is 0 Å². The number of piperazine rings is 1. The predicted octanol–water partition coefficient (Wildman–Crippen LogP) is 0.631. The van der Waals surface area contributed by atoms with E-state index in [0.717, 1.165) is 18.5 Å². The van der Waals surface area contributed by atoms with Crippen molar-refractivity contribution in [2.24, 2.45) is 0 Å². The number of hydrogen-bond acceptors (Lipinski definition) is 3. The molecule has 0 spiro atoms. The average Bonchev–Trinajstić information content (AvgIpc) is 2.88. The molecule has 4 heteroatoms. The Balaban J connectivity index is 1.80. The molecular formula is C13H13N3O. The van der Waals surface area contributed by atoms with Gasteiger partial charge >= 0.3 is 0 Å². The Bertz CT molecular complexity index is 506. The largest absolute Gasteiger partial charge is 0.351 e. The van der Waals surface area contributed by atoms with Crippen molar-refractivity contribution >= 4 is 5.91 Å². The minimum absolute atomic E-state index is 0.00625. The third kappa shape index (κ3) is 1.69. The first kappa shape index (κ1) is 10.3. The number of nitrogens with zero attached hydrogens (tertiary/aromatic N) is 2. The van der Waals surface area contributed by atoms with E-state index in [4.69, 9.17) is 5.26 Å². The molecule has 0 aromatic heterocycles. The third-order valence-corrected chi connectivity index (χ3v) is 3.56. The van der Waals surface area contributed by atoms with Crippen LogP contribution in [0.5, 0.6) is 0 Å². The topological polar surface area (TPSA) is 56.1 Å². The van der Waals surface area contributed by atoms with E-state index in [1.807, 2.05) is 24.3 Å². The van der Waals surface area contributed by atoms with Crippen molar-refractivity contribution in [1.29, 1.82) is 5.26 Å². The highest BCUT2D eigenvalue weighted by molar-refractivity contribution is 5.85. The fourth-order valence-corrected chi connectivity index (χ4v) is 2.74. The Morgan fingerprint density at radius 2 is 2.29 bits per heavy atom. The van der Waals surface area contributed by atoms with E-state index >= 15 is 0 Å². The molecule has 4 nitrogen and oxygen atoms in total. The Labute approximate surface area is 99.8 Å². The van der Waals surface area contributed by atoms with E-state index in [1.165, 1.54) is 0 Å². The molecule has 1 N–H and O–H groups in total. The predicted molar refractivity (Wildman–Crippen MR) is 61.9 cm³/mol. The molecule has 0 radical (unpaired) electrons. The molecule has 3 rings (SSSR count). The van der Waals surface area contributed by atoms with Crippen LogP contribution >= 0.6 is 0 Å². The summed E-state index contributed by atoms with van der Waals surface area (Å²) in [6, 6.07) is 10.1. The first-order chi connectivity index (χ1) is 8.28. The molecule has 2 aliphatic heterocycles. The van der Waals surface area contributed by atoms with Gasteiger partial charge in [-0.15, -0.1) is 0 Å². The molecule has 2 bridgehead atoms. The smallest absolute Gasteiger partial charge is 0.237 e. The SMILES string of the molecule is N#Cc1ccccc1CN1C[C@@H]2C[C@H]1C(=O)N2. The fourth-order valence-electron chi connectivity index (χ4n) is 2.74. The zero-order chi connectivity index (χ0) is 11.8. The van der Waals surface area contributed by atoms with Crippen LogP contribution in [-0.2, 0) is 11.3 Å². The molecule has 2 heterocycles. The summed E-state index contributed by atoms with van der Waals surface area (Å²) in [7, 11) is 0. The zero-order valence-electron chi connectivity index (χ0n) is 9.39. The highest BCUT2D eigenvalue weighted by Gasteiger charge is 2.43. The molecule has 0 saturated carbocycles. The zero-order valence-corrected chi connectivity index (χ0v) is 9.39. The van der Waals surface area contributed by atoms with Crippen molar-refractivity contribution < 1.29 is 4.79 Å². The second kappa shape index (κ2) is 3.86. The van der Waals surface area contributed by atoms with Gasteiger partial charge in [0, 0.05) is 19.1 Å². The lowest BCUT2D eigenvalue weighted by Crippen LogP contribution is -2.47. The lowest BCUT2D eigenvalue weighted by molar-refractivity contribution is -0.125. The van der Waals surface area contributed by atoms with Gasteiger partial charge in [-0.25, -0.2) is 0 Å². The Kier molecular flexibility index (Phi) is 2.34. The molecule has 1 amide bonds. The Morgan fingerprint density at radius 1 is 1.47 bits per heavy atom. The highest BCUT2D eigenvalue weighted by Crippen LogP contribution is 2.26. The van der Waals surface area contributed by atoms with E-state index in [9.17, 15) is 4.79 Å². The maximum absolute atomic E-state index is 11.6. The van der Waals surface area contributed by atoms with Crippen molar-refractivity contribution in [3.63, 3.8) is 0 Å². The number of fused-ring (bicyclic) bond motifs is 2. The number of nitrogens with one attached hydrogen (secondary N) is 1. The standard InChI is InChI=1S/C13H13N3O/c14-6-9-3-1-2-4-10(9)7-16-8-11-5-12(16)13(17)15-11/h1-4,11-12H,5,7-8H2,(H,15,17)/t11-,12-/m0/s1. The van der Waals surface area contributed by atoms with Gasteiger partial charge in [-0.2, -0.15) is 5.26 Å². The summed E-state index contributed by atoms with van der Waals surface area (Å²) in [5.74, 6) is 0.135. The lowest BCUT2D eigenvalue weighted by atomic mass is 10.1. The third-order valence-electron chi connectivity index (χ3n) is 3.56. The first-order valence-corrected chi connectivity index (χ1v) is 5.80. The van der Waals surface area contributed by atoms with Crippen molar-refractivity contribution in [3.8, 4) is 6.07 Å². The molecule has 1 aromatic carbocycles. The molecule has 2 saturated heterocycles.